The minimum absolute atomic E-state index is 0.0225. The maximum atomic E-state index is 12.8. The van der Waals surface area contributed by atoms with Gasteiger partial charge in [0.15, 0.2) is 0 Å². The molecule has 0 aromatic carbocycles. The fourth-order valence-corrected chi connectivity index (χ4v) is 2.50. The van der Waals surface area contributed by atoms with Gasteiger partial charge in [0.1, 0.15) is 14.8 Å². The molecule has 1 unspecified atom stereocenters. The number of aromatic nitrogens is 2. The Hall–Kier alpha value is -2.22. The molecule has 2 aromatic rings. The third-order valence-electron chi connectivity index (χ3n) is 2.51. The van der Waals surface area contributed by atoms with Gasteiger partial charge in [-0.05, 0) is 30.3 Å². The number of halogens is 3. The molecule has 1 atom stereocenters. The summed E-state index contributed by atoms with van der Waals surface area (Å²) in [7, 11) is -3.42. The van der Waals surface area contributed by atoms with Gasteiger partial charge in [0.05, 0.1) is 11.3 Å². The molecule has 2 rings (SSSR count). The Bertz CT molecular complexity index is 756. The fourth-order valence-electron chi connectivity index (χ4n) is 1.55. The lowest BCUT2D eigenvalue weighted by atomic mass is 10.2. The van der Waals surface area contributed by atoms with Crippen molar-refractivity contribution >= 4 is 15.8 Å². The molecule has 0 aliphatic heterocycles. The van der Waals surface area contributed by atoms with Crippen molar-refractivity contribution in [1.82, 2.24) is 9.97 Å². The molecule has 0 aliphatic rings. The summed E-state index contributed by atoms with van der Waals surface area (Å²) in [5.41, 5.74) is -1.33. The highest BCUT2D eigenvalue weighted by molar-refractivity contribution is 7.95. The first-order valence-electron chi connectivity index (χ1n) is 5.71. The molecule has 0 fully saturated rings. The Morgan fingerprint density at radius 1 is 1.10 bits per heavy atom. The van der Waals surface area contributed by atoms with Crippen molar-refractivity contribution in [1.29, 1.82) is 4.78 Å². The van der Waals surface area contributed by atoms with Gasteiger partial charge in [0.25, 0.3) is 0 Å². The molecule has 0 bridgehead atoms. The zero-order valence-corrected chi connectivity index (χ0v) is 11.4. The second kappa shape index (κ2) is 5.65. The summed E-state index contributed by atoms with van der Waals surface area (Å²) in [6.07, 6.45) is -1.07. The van der Waals surface area contributed by atoms with Crippen molar-refractivity contribution in [2.75, 3.05) is 0 Å². The molecule has 0 saturated heterocycles. The zero-order chi connectivity index (χ0) is 15.5. The van der Waals surface area contributed by atoms with Crippen LogP contribution in [-0.4, -0.2) is 14.2 Å². The summed E-state index contributed by atoms with van der Waals surface area (Å²) in [4.78, 5) is 7.38. The van der Waals surface area contributed by atoms with E-state index in [2.05, 4.69) is 9.97 Å². The molecule has 2 aromatic heterocycles. The molecule has 110 valence electrons. The summed E-state index contributed by atoms with van der Waals surface area (Å²) < 4.78 is 58.2. The predicted molar refractivity (Wildman–Crippen MR) is 71.6 cm³/mol. The highest BCUT2D eigenvalue weighted by Crippen LogP contribution is 2.31. The molecule has 0 radical (unpaired) electrons. The second-order valence-electron chi connectivity index (χ2n) is 4.01. The molecule has 2 heterocycles. The van der Waals surface area contributed by atoms with Crippen molar-refractivity contribution < 1.29 is 17.4 Å². The molecular formula is C13H10F3N3OS. The van der Waals surface area contributed by atoms with E-state index in [0.717, 1.165) is 23.6 Å². The average molecular weight is 313 g/mol. The maximum absolute atomic E-state index is 12.8. The van der Waals surface area contributed by atoms with E-state index in [4.69, 9.17) is 4.78 Å². The van der Waals surface area contributed by atoms with E-state index in [9.17, 15) is 17.4 Å². The first-order chi connectivity index (χ1) is 9.81. The molecule has 0 spiro atoms. The molecule has 8 heteroatoms. The van der Waals surface area contributed by atoms with Crippen LogP contribution in [0.1, 0.15) is 11.3 Å². The van der Waals surface area contributed by atoms with E-state index in [0.29, 0.717) is 0 Å². The first kappa shape index (κ1) is 15.2. The van der Waals surface area contributed by atoms with Crippen LogP contribution in [-0.2, 0) is 15.9 Å². The van der Waals surface area contributed by atoms with E-state index in [-0.39, 0.29) is 10.7 Å². The molecule has 0 amide bonds. The quantitative estimate of drug-likeness (QED) is 0.942. The van der Waals surface area contributed by atoms with E-state index >= 15 is 0 Å². The van der Waals surface area contributed by atoms with Crippen molar-refractivity contribution in [3.63, 3.8) is 0 Å². The lowest BCUT2D eigenvalue weighted by Gasteiger charge is -2.08. The van der Waals surface area contributed by atoms with Crippen LogP contribution >= 0.6 is 0 Å². The van der Waals surface area contributed by atoms with Crippen LogP contribution in [0.15, 0.2) is 53.2 Å². The van der Waals surface area contributed by atoms with Gasteiger partial charge in [-0.1, -0.05) is 6.07 Å². The van der Waals surface area contributed by atoms with E-state index in [1.165, 1.54) is 18.5 Å². The number of nitrogens with one attached hydrogen (secondary N) is 1. The van der Waals surface area contributed by atoms with Gasteiger partial charge in [0, 0.05) is 17.8 Å². The lowest BCUT2D eigenvalue weighted by molar-refractivity contribution is -0.138. The maximum Gasteiger partial charge on any atom is 0.418 e. The first-order valence-corrected chi connectivity index (χ1v) is 7.33. The molecule has 0 aliphatic carbocycles. The molecule has 1 N–H and O–H groups in total. The number of hydrogen-bond acceptors (Lipinski definition) is 4. The van der Waals surface area contributed by atoms with Gasteiger partial charge < -0.3 is 0 Å². The van der Waals surface area contributed by atoms with Gasteiger partial charge >= 0.3 is 6.18 Å². The highest BCUT2D eigenvalue weighted by atomic mass is 32.2. The second-order valence-corrected chi connectivity index (χ2v) is 5.90. The third-order valence-corrected chi connectivity index (χ3v) is 3.89. The number of rotatable bonds is 3. The van der Waals surface area contributed by atoms with Crippen LogP contribution in [0.3, 0.4) is 0 Å². The van der Waals surface area contributed by atoms with Crippen molar-refractivity contribution in [3.05, 3.63) is 59.4 Å². The summed E-state index contributed by atoms with van der Waals surface area (Å²) in [6, 6.07) is 6.55. The standard InChI is InChI=1S/C13H10F3N3OS/c14-13(15,16)10-4-3-8-18-11(10)6-9-21(17,20)12-5-1-2-7-19-12/h1-9,17H/b9-6+. The summed E-state index contributed by atoms with van der Waals surface area (Å²) in [6.45, 7) is 0. The Balaban J connectivity index is 2.39. The number of hydrogen-bond donors (Lipinski definition) is 1. The highest BCUT2D eigenvalue weighted by Gasteiger charge is 2.33. The summed E-state index contributed by atoms with van der Waals surface area (Å²) in [5, 5.41) is 0.859. The summed E-state index contributed by atoms with van der Waals surface area (Å²) >= 11 is 0. The van der Waals surface area contributed by atoms with Crippen LogP contribution < -0.4 is 0 Å². The van der Waals surface area contributed by atoms with Crippen LogP contribution in [0.2, 0.25) is 0 Å². The van der Waals surface area contributed by atoms with Crippen molar-refractivity contribution in [3.8, 4) is 0 Å². The Morgan fingerprint density at radius 2 is 1.81 bits per heavy atom. The normalized spacial score (nSPS) is 15.0. The van der Waals surface area contributed by atoms with E-state index < -0.39 is 21.5 Å². The molecule has 21 heavy (non-hydrogen) atoms. The largest absolute Gasteiger partial charge is 0.418 e. The number of alkyl halides is 3. The zero-order valence-electron chi connectivity index (χ0n) is 10.5. The van der Waals surface area contributed by atoms with Crippen LogP contribution in [0.5, 0.6) is 0 Å². The van der Waals surface area contributed by atoms with Gasteiger partial charge in [-0.15, -0.1) is 0 Å². The third kappa shape index (κ3) is 3.66. The molecule has 4 nitrogen and oxygen atoms in total. The van der Waals surface area contributed by atoms with E-state index in [1.807, 2.05) is 0 Å². The van der Waals surface area contributed by atoms with Crippen LogP contribution in [0, 0.1) is 4.78 Å². The number of pyridine rings is 2. The van der Waals surface area contributed by atoms with Crippen molar-refractivity contribution in [2.24, 2.45) is 0 Å². The Morgan fingerprint density at radius 3 is 2.43 bits per heavy atom. The van der Waals surface area contributed by atoms with Gasteiger partial charge in [-0.25, -0.2) is 14.0 Å². The molecular weight excluding hydrogens is 303 g/mol. The SMILES string of the molecule is N=S(=O)(/C=C/c1ncccc1C(F)(F)F)c1ccccn1. The lowest BCUT2D eigenvalue weighted by Crippen LogP contribution is -2.08. The van der Waals surface area contributed by atoms with Gasteiger partial charge in [-0.2, -0.15) is 13.2 Å². The topological polar surface area (TPSA) is 66.7 Å². The Kier molecular flexibility index (Phi) is 4.08. The monoisotopic (exact) mass is 313 g/mol. The van der Waals surface area contributed by atoms with Crippen LogP contribution in [0.4, 0.5) is 13.2 Å². The van der Waals surface area contributed by atoms with Crippen LogP contribution in [0.25, 0.3) is 6.08 Å². The Labute approximate surface area is 119 Å². The molecule has 0 saturated carbocycles. The minimum atomic E-state index is -4.57. The van der Waals surface area contributed by atoms with Gasteiger partial charge in [-0.3, -0.25) is 4.98 Å². The van der Waals surface area contributed by atoms with E-state index in [1.54, 1.807) is 12.1 Å². The predicted octanol–water partition coefficient (Wildman–Crippen LogP) is 3.57. The minimum Gasteiger partial charge on any atom is -0.256 e. The fraction of sp³-hybridized carbons (Fsp3) is 0.0769. The van der Waals surface area contributed by atoms with Gasteiger partial charge in [0.2, 0.25) is 0 Å². The number of nitrogens with zero attached hydrogens (tertiary/aromatic N) is 2. The van der Waals surface area contributed by atoms with Crippen molar-refractivity contribution in [2.45, 2.75) is 11.2 Å². The summed E-state index contributed by atoms with van der Waals surface area (Å²) in [5.74, 6) is 0. The smallest absolute Gasteiger partial charge is 0.256 e. The average Bonchev–Trinajstić information content (AvgIpc) is 2.45.